The molecule has 0 radical (unpaired) electrons. The summed E-state index contributed by atoms with van der Waals surface area (Å²) in [6.07, 6.45) is 2.42. The van der Waals surface area contributed by atoms with Crippen molar-refractivity contribution in [2.75, 3.05) is 25.0 Å². The van der Waals surface area contributed by atoms with Gasteiger partial charge in [0.2, 0.25) is 5.91 Å². The van der Waals surface area contributed by atoms with Crippen LogP contribution < -0.4 is 10.6 Å². The Balaban J connectivity index is 1.45. The van der Waals surface area contributed by atoms with Crippen LogP contribution >= 0.6 is 22.9 Å². The van der Waals surface area contributed by atoms with Crippen LogP contribution in [0.5, 0.6) is 0 Å². The van der Waals surface area contributed by atoms with Crippen molar-refractivity contribution in [2.24, 2.45) is 5.92 Å². The third-order valence-electron chi connectivity index (χ3n) is 4.46. The summed E-state index contributed by atoms with van der Waals surface area (Å²) in [5.41, 5.74) is 1.13. The van der Waals surface area contributed by atoms with Crippen molar-refractivity contribution < 1.29 is 9.59 Å². The maximum atomic E-state index is 12.4. The van der Waals surface area contributed by atoms with Crippen molar-refractivity contribution in [1.29, 1.82) is 0 Å². The van der Waals surface area contributed by atoms with Gasteiger partial charge in [-0.25, -0.2) is 4.79 Å². The molecule has 5 nitrogen and oxygen atoms in total. The van der Waals surface area contributed by atoms with Crippen molar-refractivity contribution in [2.45, 2.75) is 19.3 Å². The van der Waals surface area contributed by atoms with Crippen molar-refractivity contribution in [3.8, 4) is 0 Å². The number of anilines is 1. The number of amides is 3. The average molecular weight is 392 g/mol. The maximum absolute atomic E-state index is 12.4. The van der Waals surface area contributed by atoms with Gasteiger partial charge < -0.3 is 10.2 Å². The summed E-state index contributed by atoms with van der Waals surface area (Å²) in [7, 11) is 0. The molecule has 2 heterocycles. The van der Waals surface area contributed by atoms with Crippen LogP contribution in [0.1, 0.15) is 18.4 Å². The molecule has 1 atom stereocenters. The van der Waals surface area contributed by atoms with Gasteiger partial charge in [0.05, 0.1) is 10.9 Å². The van der Waals surface area contributed by atoms with Crippen LogP contribution in [0.3, 0.4) is 0 Å². The number of carbonyl (C=O) groups is 2. The zero-order valence-electron chi connectivity index (χ0n) is 14.4. The summed E-state index contributed by atoms with van der Waals surface area (Å²) in [4.78, 5) is 26.5. The van der Waals surface area contributed by atoms with E-state index in [1.54, 1.807) is 4.90 Å². The molecule has 2 aromatic rings. The number of hydrogen-bond acceptors (Lipinski definition) is 3. The molecule has 0 spiro atoms. The van der Waals surface area contributed by atoms with Gasteiger partial charge in [0.25, 0.3) is 0 Å². The third kappa shape index (κ3) is 5.22. The Bertz CT molecular complexity index is 734. The Kier molecular flexibility index (Phi) is 6.52. The molecule has 1 aliphatic heterocycles. The van der Waals surface area contributed by atoms with E-state index in [2.05, 4.69) is 10.6 Å². The predicted molar refractivity (Wildman–Crippen MR) is 106 cm³/mol. The summed E-state index contributed by atoms with van der Waals surface area (Å²) in [6.45, 7) is 1.73. The van der Waals surface area contributed by atoms with Gasteiger partial charge >= 0.3 is 6.03 Å². The van der Waals surface area contributed by atoms with Crippen molar-refractivity contribution in [1.82, 2.24) is 10.2 Å². The number of piperidine rings is 1. The summed E-state index contributed by atoms with van der Waals surface area (Å²) in [6, 6.07) is 11.3. The van der Waals surface area contributed by atoms with Gasteiger partial charge in [0, 0.05) is 24.7 Å². The largest absolute Gasteiger partial charge is 0.355 e. The van der Waals surface area contributed by atoms with Crippen molar-refractivity contribution >= 4 is 39.9 Å². The molecule has 0 aliphatic carbocycles. The van der Waals surface area contributed by atoms with Crippen LogP contribution in [0.4, 0.5) is 9.80 Å². The molecule has 2 N–H and O–H groups in total. The second-order valence-electron chi connectivity index (χ2n) is 6.36. The van der Waals surface area contributed by atoms with Crippen LogP contribution in [0, 0.1) is 5.92 Å². The molecule has 1 aliphatic rings. The molecule has 26 heavy (non-hydrogen) atoms. The Morgan fingerprint density at radius 1 is 1.23 bits per heavy atom. The standard InChI is InChI=1S/C19H22ClN3O2S/c20-16-7-5-14(6-8-16)9-10-21-18(24)15-3-1-11-23(13-15)19(25)22-17-4-2-12-26-17/h2,4-8,12,15H,1,3,9-11,13H2,(H,21,24)(H,22,25). The van der Waals surface area contributed by atoms with Gasteiger partial charge in [-0.2, -0.15) is 0 Å². The van der Waals surface area contributed by atoms with Crippen LogP contribution in [0.2, 0.25) is 5.02 Å². The zero-order valence-corrected chi connectivity index (χ0v) is 16.0. The first-order valence-corrected chi connectivity index (χ1v) is 9.99. The first-order valence-electron chi connectivity index (χ1n) is 8.73. The molecule has 7 heteroatoms. The van der Waals surface area contributed by atoms with Gasteiger partial charge in [0.1, 0.15) is 0 Å². The van der Waals surface area contributed by atoms with E-state index >= 15 is 0 Å². The number of carbonyl (C=O) groups excluding carboxylic acids is 2. The number of rotatable bonds is 5. The highest BCUT2D eigenvalue weighted by molar-refractivity contribution is 7.14. The van der Waals surface area contributed by atoms with Gasteiger partial charge in [0.15, 0.2) is 0 Å². The van der Waals surface area contributed by atoms with E-state index in [1.807, 2.05) is 41.8 Å². The second-order valence-corrected chi connectivity index (χ2v) is 7.74. The molecule has 1 aromatic heterocycles. The van der Waals surface area contributed by atoms with Gasteiger partial charge in [-0.3, -0.25) is 10.1 Å². The summed E-state index contributed by atoms with van der Waals surface area (Å²) in [5, 5.41) is 9.33. The number of halogens is 1. The first kappa shape index (κ1) is 18.7. The topological polar surface area (TPSA) is 61.4 Å². The Labute approximate surface area is 162 Å². The monoisotopic (exact) mass is 391 g/mol. The van der Waals surface area contributed by atoms with Crippen LogP contribution in [0.15, 0.2) is 41.8 Å². The van der Waals surface area contributed by atoms with E-state index < -0.39 is 0 Å². The smallest absolute Gasteiger partial charge is 0.322 e. The Morgan fingerprint density at radius 2 is 2.04 bits per heavy atom. The van der Waals surface area contributed by atoms with E-state index in [0.29, 0.717) is 24.7 Å². The molecule has 138 valence electrons. The summed E-state index contributed by atoms with van der Waals surface area (Å²) < 4.78 is 0. The van der Waals surface area contributed by atoms with Crippen LogP contribution in [-0.4, -0.2) is 36.5 Å². The number of nitrogens with zero attached hydrogens (tertiary/aromatic N) is 1. The minimum atomic E-state index is -0.150. The number of benzene rings is 1. The fraction of sp³-hybridized carbons (Fsp3) is 0.368. The SMILES string of the molecule is O=C(NCCc1ccc(Cl)cc1)C1CCCN(C(=O)Nc2cccs2)C1. The number of thiophene rings is 1. The molecular formula is C19H22ClN3O2S. The van der Waals surface area contributed by atoms with Gasteiger partial charge in [-0.1, -0.05) is 23.7 Å². The van der Waals surface area contributed by atoms with E-state index in [-0.39, 0.29) is 17.9 Å². The molecule has 3 rings (SSSR count). The van der Waals surface area contributed by atoms with Gasteiger partial charge in [-0.15, -0.1) is 11.3 Å². The van der Waals surface area contributed by atoms with Crippen LogP contribution in [0.25, 0.3) is 0 Å². The summed E-state index contributed by atoms with van der Waals surface area (Å²) in [5.74, 6) is -0.129. The second kappa shape index (κ2) is 9.05. The van der Waals surface area contributed by atoms with E-state index in [9.17, 15) is 9.59 Å². The molecule has 1 aromatic carbocycles. The lowest BCUT2D eigenvalue weighted by Crippen LogP contribution is -2.47. The van der Waals surface area contributed by atoms with E-state index in [1.165, 1.54) is 11.3 Å². The predicted octanol–water partition coefficient (Wildman–Crippen LogP) is 4.00. The van der Waals surface area contributed by atoms with Crippen LogP contribution in [-0.2, 0) is 11.2 Å². The molecule has 0 bridgehead atoms. The fourth-order valence-electron chi connectivity index (χ4n) is 3.04. The lowest BCUT2D eigenvalue weighted by atomic mass is 9.97. The van der Waals surface area contributed by atoms with E-state index in [4.69, 9.17) is 11.6 Å². The Morgan fingerprint density at radius 3 is 2.77 bits per heavy atom. The molecule has 0 saturated carbocycles. The Hall–Kier alpha value is -2.05. The van der Waals surface area contributed by atoms with Crippen molar-refractivity contribution in [3.63, 3.8) is 0 Å². The lowest BCUT2D eigenvalue weighted by molar-refractivity contribution is -0.126. The molecular weight excluding hydrogens is 370 g/mol. The number of likely N-dealkylation sites (tertiary alicyclic amines) is 1. The van der Waals surface area contributed by atoms with E-state index in [0.717, 1.165) is 29.8 Å². The zero-order chi connectivity index (χ0) is 18.4. The quantitative estimate of drug-likeness (QED) is 0.809. The highest BCUT2D eigenvalue weighted by Gasteiger charge is 2.28. The van der Waals surface area contributed by atoms with Crippen molar-refractivity contribution in [3.05, 3.63) is 52.4 Å². The first-order chi connectivity index (χ1) is 12.6. The minimum absolute atomic E-state index is 0.0209. The average Bonchev–Trinajstić information content (AvgIpc) is 3.16. The third-order valence-corrected chi connectivity index (χ3v) is 5.49. The normalized spacial score (nSPS) is 17.0. The number of hydrogen-bond donors (Lipinski definition) is 2. The summed E-state index contributed by atoms with van der Waals surface area (Å²) >= 11 is 7.36. The maximum Gasteiger partial charge on any atom is 0.322 e. The number of nitrogens with one attached hydrogen (secondary N) is 2. The molecule has 1 unspecified atom stereocenters. The minimum Gasteiger partial charge on any atom is -0.355 e. The fourth-order valence-corrected chi connectivity index (χ4v) is 3.77. The lowest BCUT2D eigenvalue weighted by Gasteiger charge is -2.31. The molecule has 3 amide bonds. The highest BCUT2D eigenvalue weighted by Crippen LogP contribution is 2.20. The molecule has 1 saturated heterocycles. The molecule has 1 fully saturated rings. The number of urea groups is 1. The highest BCUT2D eigenvalue weighted by atomic mass is 35.5. The van der Waals surface area contributed by atoms with Gasteiger partial charge in [-0.05, 0) is 54.5 Å².